The lowest BCUT2D eigenvalue weighted by Gasteiger charge is -2.37. The lowest BCUT2D eigenvalue weighted by Crippen LogP contribution is -2.48. The molecule has 0 N–H and O–H groups in total. The van der Waals surface area contributed by atoms with Crippen molar-refractivity contribution in [2.75, 3.05) is 44.3 Å². The highest BCUT2D eigenvalue weighted by Gasteiger charge is 2.30. The summed E-state index contributed by atoms with van der Waals surface area (Å²) in [4.78, 5) is 22.1. The zero-order valence-corrected chi connectivity index (χ0v) is 20.0. The second-order valence-corrected chi connectivity index (χ2v) is 8.26. The van der Waals surface area contributed by atoms with Crippen LogP contribution >= 0.6 is 0 Å². The first-order chi connectivity index (χ1) is 15.6. The smallest absolute Gasteiger partial charge is 0.227 e. The van der Waals surface area contributed by atoms with Crippen molar-refractivity contribution in [3.05, 3.63) is 59.7 Å². The Morgan fingerprint density at radius 3 is 2.53 bits per heavy atom. The van der Waals surface area contributed by atoms with Gasteiger partial charge in [-0.2, -0.15) is 0 Å². The van der Waals surface area contributed by atoms with Crippen LogP contribution in [0.2, 0.25) is 0 Å². The molecule has 2 fully saturated rings. The highest BCUT2D eigenvalue weighted by molar-refractivity contribution is 6.01. The van der Waals surface area contributed by atoms with Gasteiger partial charge in [0, 0.05) is 37.6 Å². The molecule has 0 bridgehead atoms. The molecule has 0 aliphatic carbocycles. The molecule has 2 saturated heterocycles. The SMILES string of the molecule is CC.CC(=Nc1ccccc1C)c1cccc(N2CCCC(C(=O)N3CCOCC3)C2)c1. The number of anilines is 1. The first kappa shape index (κ1) is 24.0. The Balaban J connectivity index is 0.00000141. The molecule has 0 saturated carbocycles. The van der Waals surface area contributed by atoms with Gasteiger partial charge in [-0.15, -0.1) is 0 Å². The van der Waals surface area contributed by atoms with E-state index in [2.05, 4.69) is 55.1 Å². The average Bonchev–Trinajstić information content (AvgIpc) is 2.87. The Morgan fingerprint density at radius 2 is 1.78 bits per heavy atom. The number of rotatable bonds is 4. The summed E-state index contributed by atoms with van der Waals surface area (Å²) in [6.45, 7) is 12.7. The number of piperidine rings is 1. The summed E-state index contributed by atoms with van der Waals surface area (Å²) >= 11 is 0. The standard InChI is InChI=1S/C25H31N3O2.C2H6/c1-19-7-3-4-11-24(19)26-20(2)21-8-5-10-23(17-21)28-12-6-9-22(18-28)25(29)27-13-15-30-16-14-27;1-2/h3-5,7-8,10-11,17,22H,6,9,12-16,18H2,1-2H3;1-2H3. The molecule has 1 atom stereocenters. The highest BCUT2D eigenvalue weighted by atomic mass is 16.5. The Morgan fingerprint density at radius 1 is 1.03 bits per heavy atom. The highest BCUT2D eigenvalue weighted by Crippen LogP contribution is 2.26. The zero-order valence-electron chi connectivity index (χ0n) is 20.0. The average molecular weight is 436 g/mol. The van der Waals surface area contributed by atoms with Gasteiger partial charge < -0.3 is 14.5 Å². The van der Waals surface area contributed by atoms with E-state index in [-0.39, 0.29) is 11.8 Å². The minimum absolute atomic E-state index is 0.0715. The van der Waals surface area contributed by atoms with Crippen molar-refractivity contribution in [1.82, 2.24) is 4.90 Å². The van der Waals surface area contributed by atoms with E-state index in [1.165, 1.54) is 11.3 Å². The number of aliphatic imine (C=N–C) groups is 1. The fraction of sp³-hybridized carbons (Fsp3) is 0.481. The molecule has 0 spiro atoms. The number of amides is 1. The molecule has 1 amide bonds. The molecule has 2 aromatic rings. The van der Waals surface area contributed by atoms with Gasteiger partial charge in [-0.1, -0.05) is 44.2 Å². The van der Waals surface area contributed by atoms with Gasteiger partial charge in [-0.25, -0.2) is 0 Å². The van der Waals surface area contributed by atoms with Crippen LogP contribution in [0.25, 0.3) is 0 Å². The van der Waals surface area contributed by atoms with Gasteiger partial charge in [0.15, 0.2) is 0 Å². The Kier molecular flexibility index (Phi) is 8.86. The first-order valence-corrected chi connectivity index (χ1v) is 11.9. The number of aryl methyl sites for hydroxylation is 1. The van der Waals surface area contributed by atoms with Crippen LogP contribution < -0.4 is 4.90 Å². The summed E-state index contributed by atoms with van der Waals surface area (Å²) in [6.07, 6.45) is 2.02. The van der Waals surface area contributed by atoms with E-state index in [0.29, 0.717) is 13.2 Å². The third-order valence-electron chi connectivity index (χ3n) is 6.13. The number of hydrogen-bond acceptors (Lipinski definition) is 4. The molecule has 2 heterocycles. The maximum Gasteiger partial charge on any atom is 0.227 e. The van der Waals surface area contributed by atoms with Crippen molar-refractivity contribution >= 4 is 23.0 Å². The summed E-state index contributed by atoms with van der Waals surface area (Å²) in [7, 11) is 0. The maximum atomic E-state index is 13.0. The third-order valence-corrected chi connectivity index (χ3v) is 6.13. The number of benzene rings is 2. The van der Waals surface area contributed by atoms with Crippen molar-refractivity contribution < 1.29 is 9.53 Å². The molecule has 32 heavy (non-hydrogen) atoms. The number of hydrogen-bond donors (Lipinski definition) is 0. The number of carbonyl (C=O) groups is 1. The van der Waals surface area contributed by atoms with Gasteiger partial charge in [0.05, 0.1) is 24.8 Å². The molecule has 2 aliphatic heterocycles. The van der Waals surface area contributed by atoms with Crippen LogP contribution in [0, 0.1) is 12.8 Å². The number of carbonyl (C=O) groups excluding carboxylic acids is 1. The summed E-state index contributed by atoms with van der Waals surface area (Å²) in [5, 5.41) is 0. The lowest BCUT2D eigenvalue weighted by molar-refractivity contribution is -0.139. The largest absolute Gasteiger partial charge is 0.378 e. The van der Waals surface area contributed by atoms with Crippen molar-refractivity contribution in [3.8, 4) is 0 Å². The normalized spacial score (nSPS) is 19.2. The lowest BCUT2D eigenvalue weighted by atomic mass is 9.95. The quantitative estimate of drug-likeness (QED) is 0.617. The molecule has 5 nitrogen and oxygen atoms in total. The molecule has 172 valence electrons. The number of nitrogens with zero attached hydrogens (tertiary/aromatic N) is 3. The van der Waals surface area contributed by atoms with Crippen molar-refractivity contribution in [2.24, 2.45) is 10.9 Å². The molecule has 5 heteroatoms. The topological polar surface area (TPSA) is 45.1 Å². The van der Waals surface area contributed by atoms with Crippen LogP contribution in [0.1, 0.15) is 44.7 Å². The number of morpholine rings is 1. The first-order valence-electron chi connectivity index (χ1n) is 11.9. The number of ether oxygens (including phenoxy) is 1. The van der Waals surface area contributed by atoms with Gasteiger partial charge in [0.1, 0.15) is 0 Å². The Hall–Kier alpha value is -2.66. The molecular weight excluding hydrogens is 398 g/mol. The number of para-hydroxylation sites is 1. The van der Waals surface area contributed by atoms with E-state index >= 15 is 0 Å². The summed E-state index contributed by atoms with van der Waals surface area (Å²) in [6, 6.07) is 16.8. The van der Waals surface area contributed by atoms with Gasteiger partial charge in [0.2, 0.25) is 5.91 Å². The van der Waals surface area contributed by atoms with Crippen LogP contribution in [0.4, 0.5) is 11.4 Å². The van der Waals surface area contributed by atoms with E-state index in [1.54, 1.807) is 0 Å². The van der Waals surface area contributed by atoms with E-state index < -0.39 is 0 Å². The van der Waals surface area contributed by atoms with E-state index in [4.69, 9.17) is 9.73 Å². The van der Waals surface area contributed by atoms with Crippen LogP contribution in [-0.2, 0) is 9.53 Å². The molecule has 2 aliphatic rings. The zero-order chi connectivity index (χ0) is 22.9. The molecule has 1 unspecified atom stereocenters. The summed E-state index contributed by atoms with van der Waals surface area (Å²) in [5.74, 6) is 0.360. The molecule has 0 aromatic heterocycles. The van der Waals surface area contributed by atoms with Crippen LogP contribution in [0.3, 0.4) is 0 Å². The van der Waals surface area contributed by atoms with Crippen LogP contribution in [-0.4, -0.2) is 55.9 Å². The van der Waals surface area contributed by atoms with Gasteiger partial charge in [-0.05, 0) is 56.0 Å². The van der Waals surface area contributed by atoms with E-state index in [0.717, 1.165) is 56.0 Å². The minimum atomic E-state index is 0.0715. The Bertz CT molecular complexity index is 919. The molecule has 4 rings (SSSR count). The van der Waals surface area contributed by atoms with E-state index in [9.17, 15) is 4.79 Å². The van der Waals surface area contributed by atoms with Crippen LogP contribution in [0.15, 0.2) is 53.5 Å². The molecule has 2 aromatic carbocycles. The monoisotopic (exact) mass is 435 g/mol. The van der Waals surface area contributed by atoms with Gasteiger partial charge >= 0.3 is 0 Å². The Labute approximate surface area is 193 Å². The fourth-order valence-electron chi connectivity index (χ4n) is 4.32. The fourth-order valence-corrected chi connectivity index (χ4v) is 4.32. The predicted octanol–water partition coefficient (Wildman–Crippen LogP) is 5.24. The van der Waals surface area contributed by atoms with Crippen molar-refractivity contribution in [1.29, 1.82) is 0 Å². The summed E-state index contributed by atoms with van der Waals surface area (Å²) < 4.78 is 5.40. The van der Waals surface area contributed by atoms with E-state index in [1.807, 2.05) is 30.9 Å². The van der Waals surface area contributed by atoms with Crippen LogP contribution in [0.5, 0.6) is 0 Å². The summed E-state index contributed by atoms with van der Waals surface area (Å²) in [5.41, 5.74) is 5.48. The molecular formula is C27H37N3O2. The van der Waals surface area contributed by atoms with Crippen molar-refractivity contribution in [3.63, 3.8) is 0 Å². The molecule has 0 radical (unpaired) electrons. The van der Waals surface area contributed by atoms with Gasteiger partial charge in [0.25, 0.3) is 0 Å². The second-order valence-electron chi connectivity index (χ2n) is 8.26. The second kappa shape index (κ2) is 11.8. The van der Waals surface area contributed by atoms with Gasteiger partial charge in [-0.3, -0.25) is 9.79 Å². The maximum absolute atomic E-state index is 13.0. The van der Waals surface area contributed by atoms with Crippen molar-refractivity contribution in [2.45, 2.75) is 40.5 Å². The third kappa shape index (κ3) is 5.98. The predicted molar refractivity (Wildman–Crippen MR) is 133 cm³/mol. The minimum Gasteiger partial charge on any atom is -0.378 e.